The minimum Gasteiger partial charge on any atom is -0.348 e. The molecule has 2 aliphatic carbocycles. The zero-order valence-electron chi connectivity index (χ0n) is 16.8. The molecule has 2 aliphatic rings. The van der Waals surface area contributed by atoms with Gasteiger partial charge in [-0.15, -0.1) is 11.3 Å². The molecule has 158 valence electrons. The summed E-state index contributed by atoms with van der Waals surface area (Å²) in [7, 11) is 0. The minimum absolute atomic E-state index is 0.0165. The van der Waals surface area contributed by atoms with Crippen molar-refractivity contribution in [2.75, 3.05) is 5.32 Å². The van der Waals surface area contributed by atoms with Crippen molar-refractivity contribution in [1.29, 1.82) is 0 Å². The van der Waals surface area contributed by atoms with Gasteiger partial charge in [0.25, 0.3) is 5.91 Å². The first-order valence-corrected chi connectivity index (χ1v) is 11.5. The van der Waals surface area contributed by atoms with Crippen molar-refractivity contribution < 1.29 is 9.59 Å². The molecule has 2 unspecified atom stereocenters. The molecule has 2 heterocycles. The van der Waals surface area contributed by atoms with E-state index in [4.69, 9.17) is 23.2 Å². The summed E-state index contributed by atoms with van der Waals surface area (Å²) in [4.78, 5) is 31.3. The summed E-state index contributed by atoms with van der Waals surface area (Å²) in [5, 5.41) is 6.64. The maximum absolute atomic E-state index is 13.0. The van der Waals surface area contributed by atoms with Crippen LogP contribution < -0.4 is 10.6 Å². The van der Waals surface area contributed by atoms with Crippen molar-refractivity contribution in [3.63, 3.8) is 0 Å². The SMILES string of the molecule is CC1(C)C(C=C(Cl)Cl)C1C(=O)Nc1sc2c(c1C(=O)NCc1cccnc1)CCC2. The Bertz CT molecular complexity index is 1010. The van der Waals surface area contributed by atoms with Gasteiger partial charge in [-0.25, -0.2) is 0 Å². The van der Waals surface area contributed by atoms with Crippen LogP contribution >= 0.6 is 34.5 Å². The Morgan fingerprint density at radius 2 is 2.13 bits per heavy atom. The fraction of sp³-hybridized carbons (Fsp3) is 0.409. The van der Waals surface area contributed by atoms with Gasteiger partial charge in [0.1, 0.15) is 9.49 Å². The van der Waals surface area contributed by atoms with E-state index >= 15 is 0 Å². The van der Waals surface area contributed by atoms with Gasteiger partial charge in [-0.1, -0.05) is 43.1 Å². The second kappa shape index (κ2) is 8.33. The van der Waals surface area contributed by atoms with Gasteiger partial charge in [0, 0.05) is 23.8 Å². The van der Waals surface area contributed by atoms with Crippen LogP contribution in [0.5, 0.6) is 0 Å². The molecule has 2 aromatic heterocycles. The smallest absolute Gasteiger partial charge is 0.254 e. The molecular formula is C22H23Cl2N3O2S. The van der Waals surface area contributed by atoms with E-state index in [1.165, 1.54) is 16.2 Å². The molecule has 5 nitrogen and oxygen atoms in total. The van der Waals surface area contributed by atoms with Crippen molar-refractivity contribution in [2.24, 2.45) is 17.3 Å². The van der Waals surface area contributed by atoms with Gasteiger partial charge < -0.3 is 10.6 Å². The number of halogens is 2. The van der Waals surface area contributed by atoms with Crippen LogP contribution in [-0.4, -0.2) is 16.8 Å². The Balaban J connectivity index is 1.52. The number of nitrogens with one attached hydrogen (secondary N) is 2. The zero-order chi connectivity index (χ0) is 21.5. The molecule has 2 aromatic rings. The molecule has 0 saturated heterocycles. The summed E-state index contributed by atoms with van der Waals surface area (Å²) in [5.41, 5.74) is 2.37. The van der Waals surface area contributed by atoms with Gasteiger partial charge in [0.15, 0.2) is 0 Å². The predicted octanol–water partition coefficient (Wildman–Crippen LogP) is 5.09. The Kier molecular flexibility index (Phi) is 5.93. The number of hydrogen-bond acceptors (Lipinski definition) is 4. The van der Waals surface area contributed by atoms with E-state index in [9.17, 15) is 9.59 Å². The van der Waals surface area contributed by atoms with Gasteiger partial charge in [0.05, 0.1) is 11.5 Å². The van der Waals surface area contributed by atoms with Crippen molar-refractivity contribution in [2.45, 2.75) is 39.7 Å². The first-order chi connectivity index (χ1) is 14.3. The Morgan fingerprint density at radius 1 is 1.33 bits per heavy atom. The van der Waals surface area contributed by atoms with E-state index in [2.05, 4.69) is 15.6 Å². The lowest BCUT2D eigenvalue weighted by Gasteiger charge is -2.10. The Labute approximate surface area is 189 Å². The molecular weight excluding hydrogens is 441 g/mol. The fourth-order valence-corrected chi connectivity index (χ4v) is 5.88. The van der Waals surface area contributed by atoms with Gasteiger partial charge >= 0.3 is 0 Å². The summed E-state index contributed by atoms with van der Waals surface area (Å²) >= 11 is 13.1. The third kappa shape index (κ3) is 4.13. The van der Waals surface area contributed by atoms with Crippen LogP contribution in [0.1, 0.15) is 46.6 Å². The highest BCUT2D eigenvalue weighted by atomic mass is 35.5. The second-order valence-corrected chi connectivity index (χ2v) is 10.5. The lowest BCUT2D eigenvalue weighted by atomic mass is 10.1. The van der Waals surface area contributed by atoms with Crippen molar-refractivity contribution in [1.82, 2.24) is 10.3 Å². The van der Waals surface area contributed by atoms with E-state index in [-0.39, 0.29) is 33.6 Å². The second-order valence-electron chi connectivity index (χ2n) is 8.38. The third-order valence-electron chi connectivity index (χ3n) is 6.06. The summed E-state index contributed by atoms with van der Waals surface area (Å²) in [6, 6.07) is 3.75. The Hall–Kier alpha value is -1.89. The van der Waals surface area contributed by atoms with Crippen molar-refractivity contribution in [3.8, 4) is 0 Å². The molecule has 0 spiro atoms. The first kappa shape index (κ1) is 21.3. The number of pyridine rings is 1. The van der Waals surface area contributed by atoms with E-state index < -0.39 is 0 Å². The standard InChI is InChI=1S/C22H23Cl2N3O2S/c1-22(2)14(9-16(23)24)18(22)20(29)27-21-17(13-6-3-7-15(13)30-21)19(28)26-11-12-5-4-8-25-10-12/h4-5,8-10,14,18H,3,6-7,11H2,1-2H3,(H,26,28)(H,27,29). The molecule has 1 saturated carbocycles. The number of nitrogens with zero attached hydrogens (tertiary/aromatic N) is 1. The quantitative estimate of drug-likeness (QED) is 0.626. The van der Waals surface area contributed by atoms with Crippen LogP contribution in [0.3, 0.4) is 0 Å². The van der Waals surface area contributed by atoms with Gasteiger partial charge in [0.2, 0.25) is 5.91 Å². The predicted molar refractivity (Wildman–Crippen MR) is 121 cm³/mol. The molecule has 2 amide bonds. The summed E-state index contributed by atoms with van der Waals surface area (Å²) in [6.07, 6.45) is 7.99. The average molecular weight is 464 g/mol. The zero-order valence-corrected chi connectivity index (χ0v) is 19.1. The van der Waals surface area contributed by atoms with Crippen LogP contribution in [0.25, 0.3) is 0 Å². The van der Waals surface area contributed by atoms with Gasteiger partial charge in [-0.2, -0.15) is 0 Å². The molecule has 0 aromatic carbocycles. The van der Waals surface area contributed by atoms with E-state index in [0.29, 0.717) is 17.1 Å². The molecule has 0 bridgehead atoms. The highest BCUT2D eigenvalue weighted by Gasteiger charge is 2.60. The summed E-state index contributed by atoms with van der Waals surface area (Å²) in [5.74, 6) is -0.508. The highest BCUT2D eigenvalue weighted by Crippen LogP contribution is 2.60. The van der Waals surface area contributed by atoms with Crippen molar-refractivity contribution >= 4 is 51.4 Å². The first-order valence-electron chi connectivity index (χ1n) is 9.94. The highest BCUT2D eigenvalue weighted by molar-refractivity contribution is 7.17. The van der Waals surface area contributed by atoms with Crippen molar-refractivity contribution in [3.05, 3.63) is 56.7 Å². The molecule has 2 N–H and O–H groups in total. The molecule has 2 atom stereocenters. The average Bonchev–Trinajstić information content (AvgIpc) is 3.02. The van der Waals surface area contributed by atoms with Crippen LogP contribution in [0.15, 0.2) is 35.1 Å². The van der Waals surface area contributed by atoms with E-state index in [0.717, 1.165) is 30.4 Å². The normalized spacial score (nSPS) is 20.9. The van der Waals surface area contributed by atoms with Gasteiger partial charge in [-0.05, 0) is 53.9 Å². The maximum atomic E-state index is 13.0. The summed E-state index contributed by atoms with van der Waals surface area (Å²) in [6.45, 7) is 4.43. The fourth-order valence-electron chi connectivity index (χ4n) is 4.32. The number of carbonyl (C=O) groups excluding carboxylic acids is 2. The molecule has 8 heteroatoms. The number of hydrogen-bond donors (Lipinski definition) is 2. The van der Waals surface area contributed by atoms with Crippen LogP contribution in [0.4, 0.5) is 5.00 Å². The minimum atomic E-state index is -0.228. The van der Waals surface area contributed by atoms with E-state index in [1.807, 2.05) is 26.0 Å². The summed E-state index contributed by atoms with van der Waals surface area (Å²) < 4.78 is 0.175. The number of aromatic nitrogens is 1. The monoisotopic (exact) mass is 463 g/mol. The van der Waals surface area contributed by atoms with Crippen LogP contribution in [-0.2, 0) is 24.2 Å². The number of anilines is 1. The molecule has 30 heavy (non-hydrogen) atoms. The number of fused-ring (bicyclic) bond motifs is 1. The molecule has 4 rings (SSSR count). The molecule has 0 aliphatic heterocycles. The number of amides is 2. The molecule has 0 radical (unpaired) electrons. The number of thiophene rings is 1. The van der Waals surface area contributed by atoms with Gasteiger partial charge in [-0.3, -0.25) is 14.6 Å². The largest absolute Gasteiger partial charge is 0.348 e. The number of aryl methyl sites for hydroxylation is 1. The lowest BCUT2D eigenvalue weighted by Crippen LogP contribution is -2.25. The van der Waals surface area contributed by atoms with Crippen LogP contribution in [0.2, 0.25) is 0 Å². The number of carbonyl (C=O) groups is 2. The number of allylic oxidation sites excluding steroid dienone is 1. The van der Waals surface area contributed by atoms with E-state index in [1.54, 1.807) is 18.5 Å². The Morgan fingerprint density at radius 3 is 2.83 bits per heavy atom. The number of rotatable bonds is 6. The topological polar surface area (TPSA) is 71.1 Å². The molecule has 1 fully saturated rings. The maximum Gasteiger partial charge on any atom is 0.254 e. The third-order valence-corrected chi connectivity index (χ3v) is 7.52. The lowest BCUT2D eigenvalue weighted by molar-refractivity contribution is -0.118. The van der Waals surface area contributed by atoms with Crippen LogP contribution in [0, 0.1) is 17.3 Å².